The molecule has 0 aromatic heterocycles. The molecule has 2 heteroatoms. The number of benzene rings is 1. The van der Waals surface area contributed by atoms with Crippen molar-refractivity contribution in [1.29, 1.82) is 0 Å². The molecule has 17 heavy (non-hydrogen) atoms. The van der Waals surface area contributed by atoms with Crippen LogP contribution in [0.3, 0.4) is 0 Å². The molecular formula is C15H23NO. The Labute approximate surface area is 104 Å². The molecule has 2 N–H and O–H groups in total. The molecule has 1 aromatic rings. The Hall–Kier alpha value is -1.02. The van der Waals surface area contributed by atoms with E-state index >= 15 is 0 Å². The van der Waals surface area contributed by atoms with Gasteiger partial charge in [-0.05, 0) is 55.4 Å². The Kier molecular flexibility index (Phi) is 3.72. The second-order valence-electron chi connectivity index (χ2n) is 5.49. The van der Waals surface area contributed by atoms with Crippen molar-refractivity contribution in [3.8, 4) is 5.75 Å². The maximum atomic E-state index is 5.98. The van der Waals surface area contributed by atoms with Crippen molar-refractivity contribution in [2.45, 2.75) is 58.1 Å². The first-order valence-electron chi connectivity index (χ1n) is 6.59. The standard InChI is InChI=1S/C15H23NO/c1-10(2)15-7-6-13(8-11(15)3)17-14-5-4-12(16)9-14/h6-8,10,12,14H,4-5,9,16H2,1-3H3. The van der Waals surface area contributed by atoms with Gasteiger partial charge in [0.25, 0.3) is 0 Å². The molecule has 2 unspecified atom stereocenters. The molecule has 2 nitrogen and oxygen atoms in total. The van der Waals surface area contributed by atoms with E-state index in [1.807, 2.05) is 0 Å². The minimum absolute atomic E-state index is 0.314. The van der Waals surface area contributed by atoms with Crippen LogP contribution in [0.2, 0.25) is 0 Å². The number of ether oxygens (including phenoxy) is 1. The minimum Gasteiger partial charge on any atom is -0.490 e. The van der Waals surface area contributed by atoms with Crippen LogP contribution in [-0.4, -0.2) is 12.1 Å². The van der Waals surface area contributed by atoms with Crippen molar-refractivity contribution in [3.05, 3.63) is 29.3 Å². The van der Waals surface area contributed by atoms with Crippen LogP contribution in [-0.2, 0) is 0 Å². The molecule has 94 valence electrons. The summed E-state index contributed by atoms with van der Waals surface area (Å²) in [4.78, 5) is 0. The van der Waals surface area contributed by atoms with Gasteiger partial charge >= 0.3 is 0 Å². The largest absolute Gasteiger partial charge is 0.490 e. The second kappa shape index (κ2) is 5.09. The van der Waals surface area contributed by atoms with Crippen molar-refractivity contribution < 1.29 is 4.74 Å². The van der Waals surface area contributed by atoms with E-state index in [9.17, 15) is 0 Å². The molecule has 0 aliphatic heterocycles. The number of hydrogen-bond donors (Lipinski definition) is 1. The van der Waals surface area contributed by atoms with E-state index < -0.39 is 0 Å². The second-order valence-corrected chi connectivity index (χ2v) is 5.49. The molecule has 1 aliphatic carbocycles. The molecule has 1 aromatic carbocycles. The van der Waals surface area contributed by atoms with Crippen LogP contribution < -0.4 is 10.5 Å². The molecule has 0 radical (unpaired) electrons. The fraction of sp³-hybridized carbons (Fsp3) is 0.600. The smallest absolute Gasteiger partial charge is 0.120 e. The zero-order valence-electron chi connectivity index (χ0n) is 11.1. The Bertz CT molecular complexity index is 387. The highest BCUT2D eigenvalue weighted by Gasteiger charge is 2.23. The van der Waals surface area contributed by atoms with E-state index in [0.717, 1.165) is 25.0 Å². The molecule has 0 heterocycles. The third-order valence-corrected chi connectivity index (χ3v) is 3.59. The van der Waals surface area contributed by atoms with Gasteiger partial charge in [-0.1, -0.05) is 19.9 Å². The normalized spacial score (nSPS) is 24.3. The molecule has 2 rings (SSSR count). The zero-order chi connectivity index (χ0) is 12.4. The fourth-order valence-electron chi connectivity index (χ4n) is 2.64. The molecule has 0 amide bonds. The molecule has 0 bridgehead atoms. The van der Waals surface area contributed by atoms with Crippen LogP contribution in [0, 0.1) is 6.92 Å². The first kappa shape index (κ1) is 12.4. The van der Waals surface area contributed by atoms with Gasteiger partial charge in [0.05, 0.1) is 0 Å². The van der Waals surface area contributed by atoms with E-state index in [0.29, 0.717) is 18.1 Å². The first-order chi connectivity index (χ1) is 8.06. The average molecular weight is 233 g/mol. The highest BCUT2D eigenvalue weighted by atomic mass is 16.5. The topological polar surface area (TPSA) is 35.2 Å². The Morgan fingerprint density at radius 1 is 1.29 bits per heavy atom. The lowest BCUT2D eigenvalue weighted by Crippen LogP contribution is -2.19. The summed E-state index contributed by atoms with van der Waals surface area (Å²) < 4.78 is 5.98. The highest BCUT2D eigenvalue weighted by molar-refractivity contribution is 5.36. The third kappa shape index (κ3) is 3.01. The van der Waals surface area contributed by atoms with Gasteiger partial charge in [0.15, 0.2) is 0 Å². The van der Waals surface area contributed by atoms with Gasteiger partial charge in [-0.15, -0.1) is 0 Å². The maximum absolute atomic E-state index is 5.98. The van der Waals surface area contributed by atoms with Gasteiger partial charge in [-0.2, -0.15) is 0 Å². The summed E-state index contributed by atoms with van der Waals surface area (Å²) in [5.74, 6) is 1.56. The predicted octanol–water partition coefficient (Wildman–Crippen LogP) is 3.38. The summed E-state index contributed by atoms with van der Waals surface area (Å²) in [7, 11) is 0. The van der Waals surface area contributed by atoms with Gasteiger partial charge in [0.1, 0.15) is 11.9 Å². The van der Waals surface area contributed by atoms with Crippen LogP contribution in [0.1, 0.15) is 50.2 Å². The van der Waals surface area contributed by atoms with Crippen molar-refractivity contribution >= 4 is 0 Å². The summed E-state index contributed by atoms with van der Waals surface area (Å²) in [5, 5.41) is 0. The highest BCUT2D eigenvalue weighted by Crippen LogP contribution is 2.27. The Morgan fingerprint density at radius 2 is 2.06 bits per heavy atom. The number of aryl methyl sites for hydroxylation is 1. The van der Waals surface area contributed by atoms with Gasteiger partial charge in [-0.25, -0.2) is 0 Å². The van der Waals surface area contributed by atoms with Crippen molar-refractivity contribution in [2.24, 2.45) is 5.73 Å². The van der Waals surface area contributed by atoms with Crippen molar-refractivity contribution in [3.63, 3.8) is 0 Å². The lowest BCUT2D eigenvalue weighted by molar-refractivity contribution is 0.208. The van der Waals surface area contributed by atoms with Crippen LogP contribution in [0.25, 0.3) is 0 Å². The summed E-state index contributed by atoms with van der Waals surface area (Å²) in [5.41, 5.74) is 8.61. The Morgan fingerprint density at radius 3 is 2.59 bits per heavy atom. The van der Waals surface area contributed by atoms with Crippen LogP contribution >= 0.6 is 0 Å². The lowest BCUT2D eigenvalue weighted by Gasteiger charge is -2.16. The Balaban J connectivity index is 2.05. The van der Waals surface area contributed by atoms with Crippen molar-refractivity contribution in [2.75, 3.05) is 0 Å². The van der Waals surface area contributed by atoms with E-state index in [1.54, 1.807) is 0 Å². The van der Waals surface area contributed by atoms with Crippen LogP contribution in [0.4, 0.5) is 0 Å². The van der Waals surface area contributed by atoms with E-state index in [1.165, 1.54) is 11.1 Å². The molecule has 1 saturated carbocycles. The molecular weight excluding hydrogens is 210 g/mol. The summed E-state index contributed by atoms with van der Waals surface area (Å²) in [6.07, 6.45) is 3.49. The third-order valence-electron chi connectivity index (χ3n) is 3.59. The van der Waals surface area contributed by atoms with Gasteiger partial charge < -0.3 is 10.5 Å². The number of rotatable bonds is 3. The molecule has 1 fully saturated rings. The lowest BCUT2D eigenvalue weighted by atomic mass is 9.98. The van der Waals surface area contributed by atoms with Crippen LogP contribution in [0.5, 0.6) is 5.75 Å². The predicted molar refractivity (Wildman–Crippen MR) is 71.5 cm³/mol. The average Bonchev–Trinajstić information content (AvgIpc) is 2.63. The van der Waals surface area contributed by atoms with E-state index in [4.69, 9.17) is 10.5 Å². The van der Waals surface area contributed by atoms with Crippen LogP contribution in [0.15, 0.2) is 18.2 Å². The summed E-state index contributed by atoms with van der Waals surface area (Å²) in [6, 6.07) is 6.76. The van der Waals surface area contributed by atoms with Gasteiger partial charge in [0.2, 0.25) is 0 Å². The maximum Gasteiger partial charge on any atom is 0.120 e. The summed E-state index contributed by atoms with van der Waals surface area (Å²) >= 11 is 0. The molecule has 0 saturated heterocycles. The monoisotopic (exact) mass is 233 g/mol. The molecule has 2 atom stereocenters. The molecule has 1 aliphatic rings. The quantitative estimate of drug-likeness (QED) is 0.868. The van der Waals surface area contributed by atoms with Crippen molar-refractivity contribution in [1.82, 2.24) is 0 Å². The minimum atomic E-state index is 0.314. The van der Waals surface area contributed by atoms with E-state index in [2.05, 4.69) is 39.0 Å². The SMILES string of the molecule is Cc1cc(OC2CCC(N)C2)ccc1C(C)C. The van der Waals surface area contributed by atoms with E-state index in [-0.39, 0.29) is 0 Å². The van der Waals surface area contributed by atoms with Gasteiger partial charge in [0, 0.05) is 6.04 Å². The number of hydrogen-bond acceptors (Lipinski definition) is 2. The number of nitrogens with two attached hydrogens (primary N) is 1. The molecule has 0 spiro atoms. The summed E-state index contributed by atoms with van der Waals surface area (Å²) in [6.45, 7) is 6.60. The fourth-order valence-corrected chi connectivity index (χ4v) is 2.64. The first-order valence-corrected chi connectivity index (χ1v) is 6.59. The van der Waals surface area contributed by atoms with Gasteiger partial charge in [-0.3, -0.25) is 0 Å². The zero-order valence-corrected chi connectivity index (χ0v) is 11.1.